The minimum atomic E-state index is -0.444. The molecule has 4 rings (SSSR count). The van der Waals surface area contributed by atoms with Crippen LogP contribution in [-0.4, -0.2) is 42.0 Å². The van der Waals surface area contributed by atoms with Crippen LogP contribution in [0.5, 0.6) is 0 Å². The van der Waals surface area contributed by atoms with Crippen molar-refractivity contribution in [2.75, 3.05) is 31.1 Å². The molecule has 3 aromatic rings. The first-order valence-electron chi connectivity index (χ1n) is 9.31. The highest BCUT2D eigenvalue weighted by atomic mass is 16.4. The van der Waals surface area contributed by atoms with E-state index in [0.29, 0.717) is 24.2 Å². The Bertz CT molecular complexity index is 985. The Balaban J connectivity index is 1.41. The van der Waals surface area contributed by atoms with Crippen LogP contribution in [0.1, 0.15) is 12.5 Å². The molecule has 2 aromatic carbocycles. The molecule has 1 aromatic heterocycles. The number of anilines is 1. The van der Waals surface area contributed by atoms with E-state index in [1.807, 2.05) is 48.2 Å². The van der Waals surface area contributed by atoms with Gasteiger partial charge in [0.2, 0.25) is 5.91 Å². The number of carbonyl (C=O) groups is 1. The molecule has 1 aliphatic rings. The van der Waals surface area contributed by atoms with E-state index in [2.05, 4.69) is 22.0 Å². The summed E-state index contributed by atoms with van der Waals surface area (Å²) >= 11 is 0. The second kappa shape index (κ2) is 7.31. The van der Waals surface area contributed by atoms with Crippen molar-refractivity contribution in [3.8, 4) is 0 Å². The molecule has 0 saturated carbocycles. The molecule has 1 amide bonds. The molecule has 27 heavy (non-hydrogen) atoms. The summed E-state index contributed by atoms with van der Waals surface area (Å²) < 4.78 is 5.30. The van der Waals surface area contributed by atoms with Gasteiger partial charge in [-0.1, -0.05) is 43.3 Å². The van der Waals surface area contributed by atoms with Crippen LogP contribution in [0.2, 0.25) is 0 Å². The van der Waals surface area contributed by atoms with Crippen molar-refractivity contribution >= 4 is 22.7 Å². The van der Waals surface area contributed by atoms with E-state index < -0.39 is 5.76 Å². The summed E-state index contributed by atoms with van der Waals surface area (Å²) in [4.78, 5) is 31.1. The van der Waals surface area contributed by atoms with E-state index in [-0.39, 0.29) is 11.8 Å². The minimum Gasteiger partial charge on any atom is -0.406 e. The number of aromatic amines is 1. The summed E-state index contributed by atoms with van der Waals surface area (Å²) in [6.07, 6.45) is 0.758. The Labute approximate surface area is 157 Å². The third-order valence-corrected chi connectivity index (χ3v) is 5.16. The zero-order valence-corrected chi connectivity index (χ0v) is 15.4. The Morgan fingerprint density at radius 1 is 1.07 bits per heavy atom. The predicted octanol–water partition coefficient (Wildman–Crippen LogP) is 2.65. The molecule has 6 nitrogen and oxygen atoms in total. The van der Waals surface area contributed by atoms with Gasteiger partial charge in [-0.05, 0) is 24.1 Å². The van der Waals surface area contributed by atoms with Crippen molar-refractivity contribution in [1.29, 1.82) is 0 Å². The van der Waals surface area contributed by atoms with Crippen LogP contribution in [0.25, 0.3) is 11.1 Å². The molecule has 1 unspecified atom stereocenters. The van der Waals surface area contributed by atoms with E-state index in [1.165, 1.54) is 5.56 Å². The highest BCUT2D eigenvalue weighted by molar-refractivity contribution is 5.86. The maximum Gasteiger partial charge on any atom is 0.417 e. The van der Waals surface area contributed by atoms with Gasteiger partial charge in [0.25, 0.3) is 0 Å². The SMILES string of the molecule is CC(Cc1ccccc1)C(=O)N1CCN(c2cccc3[nH]c(=O)oc23)CC1. The van der Waals surface area contributed by atoms with E-state index in [4.69, 9.17) is 4.42 Å². The number of nitrogens with one attached hydrogen (secondary N) is 1. The number of hydrogen-bond acceptors (Lipinski definition) is 4. The van der Waals surface area contributed by atoms with Gasteiger partial charge in [-0.3, -0.25) is 9.78 Å². The third kappa shape index (κ3) is 3.60. The maximum absolute atomic E-state index is 12.8. The Morgan fingerprint density at radius 2 is 1.81 bits per heavy atom. The van der Waals surface area contributed by atoms with Crippen LogP contribution >= 0.6 is 0 Å². The van der Waals surface area contributed by atoms with Gasteiger partial charge in [0.05, 0.1) is 11.2 Å². The molecular formula is C21H23N3O3. The van der Waals surface area contributed by atoms with E-state index >= 15 is 0 Å². The van der Waals surface area contributed by atoms with Crippen molar-refractivity contribution < 1.29 is 9.21 Å². The topological polar surface area (TPSA) is 69.6 Å². The van der Waals surface area contributed by atoms with Crippen molar-refractivity contribution in [2.45, 2.75) is 13.3 Å². The molecule has 1 saturated heterocycles. The van der Waals surface area contributed by atoms with Crippen LogP contribution in [0.15, 0.2) is 57.7 Å². The van der Waals surface area contributed by atoms with Gasteiger partial charge in [0.15, 0.2) is 5.58 Å². The number of para-hydroxylation sites is 1. The number of amides is 1. The van der Waals surface area contributed by atoms with E-state index in [1.54, 1.807) is 0 Å². The highest BCUT2D eigenvalue weighted by Gasteiger charge is 2.26. The first-order chi connectivity index (χ1) is 13.1. The molecule has 1 N–H and O–H groups in total. The number of oxazole rings is 1. The zero-order valence-electron chi connectivity index (χ0n) is 15.4. The first kappa shape index (κ1) is 17.4. The van der Waals surface area contributed by atoms with Crippen molar-refractivity contribution in [1.82, 2.24) is 9.88 Å². The lowest BCUT2D eigenvalue weighted by molar-refractivity contribution is -0.135. The fourth-order valence-corrected chi connectivity index (χ4v) is 3.74. The van der Waals surface area contributed by atoms with Crippen LogP contribution < -0.4 is 10.7 Å². The number of hydrogen-bond donors (Lipinski definition) is 1. The van der Waals surface area contributed by atoms with Gasteiger partial charge < -0.3 is 14.2 Å². The standard InChI is InChI=1S/C21H23N3O3/c1-15(14-16-6-3-2-4-7-16)20(25)24-12-10-23(11-13-24)18-9-5-8-17-19(18)27-21(26)22-17/h2-9,15H,10-14H2,1H3,(H,22,26). The molecule has 6 heteroatoms. The lowest BCUT2D eigenvalue weighted by Crippen LogP contribution is -2.50. The molecule has 1 fully saturated rings. The summed E-state index contributed by atoms with van der Waals surface area (Å²) in [5.41, 5.74) is 3.37. The number of piperazine rings is 1. The number of carbonyl (C=O) groups excluding carboxylic acids is 1. The smallest absolute Gasteiger partial charge is 0.406 e. The fraction of sp³-hybridized carbons (Fsp3) is 0.333. The monoisotopic (exact) mass is 365 g/mol. The summed E-state index contributed by atoms with van der Waals surface area (Å²) in [6.45, 7) is 4.78. The molecule has 0 radical (unpaired) electrons. The summed E-state index contributed by atoms with van der Waals surface area (Å²) in [7, 11) is 0. The van der Waals surface area contributed by atoms with Crippen LogP contribution in [0.3, 0.4) is 0 Å². The van der Waals surface area contributed by atoms with E-state index in [9.17, 15) is 9.59 Å². The van der Waals surface area contributed by atoms with Crippen molar-refractivity contribution in [2.24, 2.45) is 5.92 Å². The fourth-order valence-electron chi connectivity index (χ4n) is 3.74. The average Bonchev–Trinajstić information content (AvgIpc) is 3.08. The van der Waals surface area contributed by atoms with Gasteiger partial charge in [-0.25, -0.2) is 4.79 Å². The minimum absolute atomic E-state index is 0.0370. The second-order valence-corrected chi connectivity index (χ2v) is 7.07. The lowest BCUT2D eigenvalue weighted by atomic mass is 9.99. The quantitative estimate of drug-likeness (QED) is 0.772. The Kier molecular flexibility index (Phi) is 4.71. The molecule has 0 bridgehead atoms. The molecule has 2 heterocycles. The largest absolute Gasteiger partial charge is 0.417 e. The Morgan fingerprint density at radius 3 is 2.56 bits per heavy atom. The molecule has 0 spiro atoms. The number of H-pyrrole nitrogens is 1. The van der Waals surface area contributed by atoms with Crippen LogP contribution in [-0.2, 0) is 11.2 Å². The van der Waals surface area contributed by atoms with E-state index in [0.717, 1.165) is 25.2 Å². The van der Waals surface area contributed by atoms with Gasteiger partial charge in [0, 0.05) is 32.1 Å². The Hall–Kier alpha value is -3.02. The third-order valence-electron chi connectivity index (χ3n) is 5.16. The zero-order chi connectivity index (χ0) is 18.8. The maximum atomic E-state index is 12.8. The van der Waals surface area contributed by atoms with Gasteiger partial charge >= 0.3 is 5.76 Å². The van der Waals surface area contributed by atoms with Gasteiger partial charge in [-0.2, -0.15) is 0 Å². The summed E-state index contributed by atoms with van der Waals surface area (Å²) in [6, 6.07) is 15.8. The number of nitrogens with zero attached hydrogens (tertiary/aromatic N) is 2. The normalized spacial score (nSPS) is 15.9. The lowest BCUT2D eigenvalue weighted by Gasteiger charge is -2.37. The summed E-state index contributed by atoms with van der Waals surface area (Å²) in [5, 5.41) is 0. The average molecular weight is 365 g/mol. The predicted molar refractivity (Wildman–Crippen MR) is 105 cm³/mol. The number of benzene rings is 2. The van der Waals surface area contributed by atoms with Gasteiger partial charge in [0.1, 0.15) is 0 Å². The van der Waals surface area contributed by atoms with Gasteiger partial charge in [-0.15, -0.1) is 0 Å². The highest BCUT2D eigenvalue weighted by Crippen LogP contribution is 2.26. The first-order valence-corrected chi connectivity index (χ1v) is 9.31. The number of fused-ring (bicyclic) bond motifs is 1. The van der Waals surface area contributed by atoms with Crippen LogP contribution in [0.4, 0.5) is 5.69 Å². The number of rotatable bonds is 4. The molecule has 1 aliphatic heterocycles. The molecule has 140 valence electrons. The molecule has 1 atom stereocenters. The summed E-state index contributed by atoms with van der Waals surface area (Å²) in [5.74, 6) is -0.282. The van der Waals surface area contributed by atoms with Crippen molar-refractivity contribution in [3.05, 3.63) is 64.6 Å². The van der Waals surface area contributed by atoms with Crippen molar-refractivity contribution in [3.63, 3.8) is 0 Å². The number of aromatic nitrogens is 1. The molecular weight excluding hydrogens is 342 g/mol. The molecule has 0 aliphatic carbocycles. The second-order valence-electron chi connectivity index (χ2n) is 7.07. The van der Waals surface area contributed by atoms with Crippen LogP contribution in [0, 0.1) is 5.92 Å².